The van der Waals surface area contributed by atoms with Gasteiger partial charge in [-0.25, -0.2) is 9.97 Å². The van der Waals surface area contributed by atoms with Crippen LogP contribution < -0.4 is 14.5 Å². The molecule has 0 amide bonds. The van der Waals surface area contributed by atoms with E-state index in [9.17, 15) is 5.11 Å². The van der Waals surface area contributed by atoms with E-state index in [0.29, 0.717) is 0 Å². The smallest absolute Gasteiger partial charge is 0.134 e. The third kappa shape index (κ3) is 4.79. The summed E-state index contributed by atoms with van der Waals surface area (Å²) in [6, 6.07) is 6.52. The summed E-state index contributed by atoms with van der Waals surface area (Å²) in [5.41, 5.74) is 3.79. The number of benzene rings is 1. The van der Waals surface area contributed by atoms with Crippen molar-refractivity contribution < 1.29 is 9.84 Å². The second kappa shape index (κ2) is 9.41. The maximum absolute atomic E-state index is 9.65. The van der Waals surface area contributed by atoms with Gasteiger partial charge in [0.15, 0.2) is 0 Å². The minimum absolute atomic E-state index is 0.183. The topological polar surface area (TPSA) is 65.0 Å². The van der Waals surface area contributed by atoms with Crippen LogP contribution in [0.15, 0.2) is 24.5 Å². The van der Waals surface area contributed by atoms with Crippen LogP contribution in [-0.2, 0) is 6.54 Å². The third-order valence-corrected chi connectivity index (χ3v) is 5.93. The van der Waals surface area contributed by atoms with E-state index in [1.807, 2.05) is 25.1 Å². The van der Waals surface area contributed by atoms with Crippen molar-refractivity contribution in [2.45, 2.75) is 32.9 Å². The number of aliphatic hydroxyl groups is 1. The lowest BCUT2D eigenvalue weighted by Gasteiger charge is -2.42. The molecule has 0 unspecified atom stereocenters. The molecule has 0 spiro atoms. The molecule has 1 aromatic heterocycles. The van der Waals surface area contributed by atoms with Gasteiger partial charge < -0.3 is 19.6 Å². The molecule has 29 heavy (non-hydrogen) atoms. The van der Waals surface area contributed by atoms with E-state index in [-0.39, 0.29) is 12.6 Å². The Morgan fingerprint density at radius 1 is 1.17 bits per heavy atom. The SMILES string of the molecule is COc1ccc(CN2CCN(c3cc(N(C)C)ncn3)C[C@@H]2CCO)c(C)c1C. The molecule has 7 heteroatoms. The summed E-state index contributed by atoms with van der Waals surface area (Å²) in [5.74, 6) is 2.78. The molecule has 158 valence electrons. The molecule has 1 aliphatic rings. The van der Waals surface area contributed by atoms with Crippen molar-refractivity contribution in [1.29, 1.82) is 0 Å². The van der Waals surface area contributed by atoms with Gasteiger partial charge in [0.05, 0.1) is 7.11 Å². The molecule has 1 aromatic carbocycles. The average Bonchev–Trinajstić information content (AvgIpc) is 2.73. The molecule has 7 nitrogen and oxygen atoms in total. The van der Waals surface area contributed by atoms with Gasteiger partial charge >= 0.3 is 0 Å². The zero-order valence-electron chi connectivity index (χ0n) is 18.2. The number of aromatic nitrogens is 2. The van der Waals surface area contributed by atoms with Crippen LogP contribution in [0.4, 0.5) is 11.6 Å². The zero-order chi connectivity index (χ0) is 21.0. The molecule has 0 aliphatic carbocycles. The van der Waals surface area contributed by atoms with E-state index in [2.05, 4.69) is 45.7 Å². The van der Waals surface area contributed by atoms with Gasteiger partial charge in [0, 0.05) is 59.0 Å². The first-order valence-corrected chi connectivity index (χ1v) is 10.2. The van der Waals surface area contributed by atoms with Crippen LogP contribution >= 0.6 is 0 Å². The van der Waals surface area contributed by atoms with E-state index in [1.54, 1.807) is 13.4 Å². The summed E-state index contributed by atoms with van der Waals surface area (Å²) in [6.45, 7) is 8.01. The van der Waals surface area contributed by atoms with E-state index in [1.165, 1.54) is 16.7 Å². The Bertz CT molecular complexity index is 827. The van der Waals surface area contributed by atoms with Crippen molar-refractivity contribution in [1.82, 2.24) is 14.9 Å². The molecule has 3 rings (SSSR count). The predicted octanol–water partition coefficient (Wildman–Crippen LogP) is 2.24. The molecular formula is C22H33N5O2. The normalized spacial score (nSPS) is 17.4. The Kier molecular flexibility index (Phi) is 6.92. The predicted molar refractivity (Wildman–Crippen MR) is 117 cm³/mol. The standard InChI is InChI=1S/C22H33N5O2/c1-16-17(2)20(29-5)7-6-18(16)13-26-9-10-27(14-19(26)8-11-28)22-12-21(25(3)4)23-15-24-22/h6-7,12,15,19,28H,8-11,13-14H2,1-5H3/t19-/m0/s1. The Balaban J connectivity index is 1.76. The molecule has 0 radical (unpaired) electrons. The highest BCUT2D eigenvalue weighted by Gasteiger charge is 2.28. The summed E-state index contributed by atoms with van der Waals surface area (Å²) < 4.78 is 5.45. The second-order valence-corrected chi connectivity index (χ2v) is 7.89. The van der Waals surface area contributed by atoms with Gasteiger partial charge in [0.2, 0.25) is 0 Å². The van der Waals surface area contributed by atoms with Crippen LogP contribution in [0.2, 0.25) is 0 Å². The van der Waals surface area contributed by atoms with Crippen molar-refractivity contribution in [2.24, 2.45) is 0 Å². The molecule has 1 atom stereocenters. The van der Waals surface area contributed by atoms with Gasteiger partial charge in [-0.05, 0) is 43.0 Å². The van der Waals surface area contributed by atoms with E-state index in [0.717, 1.165) is 50.0 Å². The maximum atomic E-state index is 9.65. The lowest BCUT2D eigenvalue weighted by molar-refractivity contribution is 0.135. The number of hydrogen-bond acceptors (Lipinski definition) is 7. The summed E-state index contributed by atoms with van der Waals surface area (Å²) in [6.07, 6.45) is 2.37. The molecule has 1 aliphatic heterocycles. The van der Waals surface area contributed by atoms with Crippen LogP contribution in [0, 0.1) is 13.8 Å². The van der Waals surface area contributed by atoms with Crippen LogP contribution in [-0.4, -0.2) is 73.5 Å². The van der Waals surface area contributed by atoms with E-state index in [4.69, 9.17) is 4.74 Å². The second-order valence-electron chi connectivity index (χ2n) is 7.89. The lowest BCUT2D eigenvalue weighted by Crippen LogP contribution is -2.53. The number of methoxy groups -OCH3 is 1. The van der Waals surface area contributed by atoms with Crippen LogP contribution in [0.3, 0.4) is 0 Å². The molecule has 2 aromatic rings. The molecule has 0 bridgehead atoms. The molecular weight excluding hydrogens is 366 g/mol. The number of nitrogens with zero attached hydrogens (tertiary/aromatic N) is 5. The van der Waals surface area contributed by atoms with Gasteiger partial charge in [-0.15, -0.1) is 0 Å². The van der Waals surface area contributed by atoms with Gasteiger partial charge in [-0.1, -0.05) is 6.07 Å². The summed E-state index contributed by atoms with van der Waals surface area (Å²) in [4.78, 5) is 15.6. The van der Waals surface area contributed by atoms with E-state index < -0.39 is 0 Å². The fourth-order valence-electron chi connectivity index (χ4n) is 3.95. The molecule has 2 heterocycles. The molecule has 1 fully saturated rings. The third-order valence-electron chi connectivity index (χ3n) is 5.93. The summed E-state index contributed by atoms with van der Waals surface area (Å²) >= 11 is 0. The van der Waals surface area contributed by atoms with Crippen LogP contribution in [0.1, 0.15) is 23.1 Å². The highest BCUT2D eigenvalue weighted by atomic mass is 16.5. The first kappa shape index (κ1) is 21.3. The minimum atomic E-state index is 0.183. The van der Waals surface area contributed by atoms with Gasteiger partial charge in [0.1, 0.15) is 23.7 Å². The molecule has 1 N–H and O–H groups in total. The summed E-state index contributed by atoms with van der Waals surface area (Å²) in [5, 5.41) is 9.65. The summed E-state index contributed by atoms with van der Waals surface area (Å²) in [7, 11) is 5.68. The van der Waals surface area contributed by atoms with Crippen molar-refractivity contribution >= 4 is 11.6 Å². The maximum Gasteiger partial charge on any atom is 0.134 e. The highest BCUT2D eigenvalue weighted by molar-refractivity contribution is 5.50. The Morgan fingerprint density at radius 3 is 2.66 bits per heavy atom. The fraction of sp³-hybridized carbons (Fsp3) is 0.545. The number of hydrogen-bond donors (Lipinski definition) is 1. The van der Waals surface area contributed by atoms with Gasteiger partial charge in [-0.3, -0.25) is 4.90 Å². The molecule has 0 saturated carbocycles. The number of ether oxygens (including phenoxy) is 1. The fourth-order valence-corrected chi connectivity index (χ4v) is 3.95. The number of rotatable bonds is 7. The van der Waals surface area contributed by atoms with Crippen LogP contribution in [0.25, 0.3) is 0 Å². The first-order valence-electron chi connectivity index (χ1n) is 10.2. The minimum Gasteiger partial charge on any atom is -0.496 e. The van der Waals surface area contributed by atoms with Gasteiger partial charge in [-0.2, -0.15) is 0 Å². The van der Waals surface area contributed by atoms with E-state index >= 15 is 0 Å². The van der Waals surface area contributed by atoms with Gasteiger partial charge in [0.25, 0.3) is 0 Å². The van der Waals surface area contributed by atoms with Crippen molar-refractivity contribution in [3.05, 3.63) is 41.2 Å². The Morgan fingerprint density at radius 2 is 1.97 bits per heavy atom. The van der Waals surface area contributed by atoms with Crippen molar-refractivity contribution in [3.8, 4) is 5.75 Å². The van der Waals surface area contributed by atoms with Crippen molar-refractivity contribution in [3.63, 3.8) is 0 Å². The highest BCUT2D eigenvalue weighted by Crippen LogP contribution is 2.27. The lowest BCUT2D eigenvalue weighted by atomic mass is 10.00. The number of piperazine rings is 1. The largest absolute Gasteiger partial charge is 0.496 e. The first-order chi connectivity index (χ1) is 13.9. The average molecular weight is 400 g/mol. The van der Waals surface area contributed by atoms with Crippen LogP contribution in [0.5, 0.6) is 5.75 Å². The monoisotopic (exact) mass is 399 g/mol. The molecule has 1 saturated heterocycles. The number of anilines is 2. The Hall–Kier alpha value is -2.38. The Labute approximate surface area is 173 Å². The quantitative estimate of drug-likeness (QED) is 0.766. The van der Waals surface area contributed by atoms with Crippen molar-refractivity contribution in [2.75, 3.05) is 57.2 Å². The number of aliphatic hydroxyl groups excluding tert-OH is 1. The zero-order valence-corrected chi connectivity index (χ0v) is 18.2.